The first-order valence-corrected chi connectivity index (χ1v) is 24.3. The number of ether oxygens (including phenoxy) is 1. The molecule has 0 aromatic rings. The van der Waals surface area contributed by atoms with Crippen LogP contribution in [0, 0.1) is 0 Å². The number of hydrogen-bond donors (Lipinski definition) is 0. The zero-order valence-corrected chi connectivity index (χ0v) is 23.8. The Balaban J connectivity index is 4.78. The van der Waals surface area contributed by atoms with Crippen molar-refractivity contribution in [1.82, 2.24) is 0 Å². The minimum absolute atomic E-state index is 0.192. The fourth-order valence-corrected chi connectivity index (χ4v) is 26.5. The lowest BCUT2D eigenvalue weighted by atomic mass is 10.7. The minimum atomic E-state index is -2.37. The van der Waals surface area contributed by atoms with Crippen LogP contribution in [0.4, 0.5) is 0 Å². The molecule has 0 N–H and O–H groups in total. The van der Waals surface area contributed by atoms with E-state index in [0.29, 0.717) is 6.61 Å². The van der Waals surface area contributed by atoms with Crippen molar-refractivity contribution < 1.29 is 26.3 Å². The van der Waals surface area contributed by atoms with Crippen LogP contribution in [0.15, 0.2) is 0 Å². The highest BCUT2D eigenvalue weighted by Gasteiger charge is 2.45. The predicted octanol–water partition coefficient (Wildman–Crippen LogP) is 4.65. The van der Waals surface area contributed by atoms with Crippen LogP contribution in [-0.4, -0.2) is 62.1 Å². The summed E-state index contributed by atoms with van der Waals surface area (Å²) in [5.74, 6) is 0. The maximum atomic E-state index is 10.5. The standard InChI is InChI=1S/C15H41O6Si5/c1-22(2,3)18-24(6,7)20-26(10,11)21-25(8,9)19-23(4,5)15-14-17-13-12-16/h12-15H2,1-11H3. The van der Waals surface area contributed by atoms with E-state index in [2.05, 4.69) is 72.0 Å². The van der Waals surface area contributed by atoms with Crippen LogP contribution in [0.2, 0.25) is 78.1 Å². The van der Waals surface area contributed by atoms with Gasteiger partial charge < -0.3 is 21.2 Å². The average molecular weight is 458 g/mol. The number of hydrogen-bond acceptors (Lipinski definition) is 5. The Kier molecular flexibility index (Phi) is 10.4. The van der Waals surface area contributed by atoms with Crippen molar-refractivity contribution in [3.8, 4) is 0 Å². The van der Waals surface area contributed by atoms with E-state index in [9.17, 15) is 5.11 Å². The highest BCUT2D eigenvalue weighted by atomic mass is 28.5. The normalized spacial score (nSPS) is 14.8. The first kappa shape index (κ1) is 26.8. The van der Waals surface area contributed by atoms with Crippen LogP contribution in [-0.2, 0) is 26.3 Å². The van der Waals surface area contributed by atoms with Gasteiger partial charge in [0, 0.05) is 6.61 Å². The van der Waals surface area contributed by atoms with Gasteiger partial charge in [0.1, 0.15) is 6.61 Å². The molecule has 157 valence electrons. The van der Waals surface area contributed by atoms with Gasteiger partial charge in [-0.1, -0.05) is 0 Å². The van der Waals surface area contributed by atoms with Crippen molar-refractivity contribution in [3.05, 3.63) is 0 Å². The summed E-state index contributed by atoms with van der Waals surface area (Å²) in [5, 5.41) is 10.5. The van der Waals surface area contributed by atoms with E-state index in [1.807, 2.05) is 0 Å². The Morgan fingerprint density at radius 3 is 1.42 bits per heavy atom. The minimum Gasteiger partial charge on any atom is -0.437 e. The number of rotatable bonds is 13. The molecule has 0 spiro atoms. The lowest BCUT2D eigenvalue weighted by molar-refractivity contribution is 0.0694. The van der Waals surface area contributed by atoms with Gasteiger partial charge in [0.25, 0.3) is 0 Å². The van der Waals surface area contributed by atoms with Crippen molar-refractivity contribution in [2.24, 2.45) is 0 Å². The van der Waals surface area contributed by atoms with Gasteiger partial charge in [0.2, 0.25) is 0 Å². The second kappa shape index (κ2) is 10.0. The van der Waals surface area contributed by atoms with Gasteiger partial charge in [-0.15, -0.1) is 0 Å². The summed E-state index contributed by atoms with van der Waals surface area (Å²) >= 11 is 0. The Hall–Kier alpha value is 0.844. The predicted molar refractivity (Wildman–Crippen MR) is 119 cm³/mol. The van der Waals surface area contributed by atoms with Crippen molar-refractivity contribution in [3.63, 3.8) is 0 Å². The summed E-state index contributed by atoms with van der Waals surface area (Å²) in [4.78, 5) is 0. The molecule has 0 atom stereocenters. The Labute approximate surface area is 166 Å². The summed E-state index contributed by atoms with van der Waals surface area (Å²) in [6.07, 6.45) is 0. The zero-order chi connectivity index (χ0) is 20.9. The third kappa shape index (κ3) is 13.9. The van der Waals surface area contributed by atoms with Gasteiger partial charge in [-0.3, -0.25) is 0 Å². The molecule has 0 aliphatic rings. The van der Waals surface area contributed by atoms with Gasteiger partial charge in [0.15, 0.2) is 16.6 Å². The van der Waals surface area contributed by atoms with Crippen LogP contribution < -0.4 is 0 Å². The van der Waals surface area contributed by atoms with Crippen molar-refractivity contribution >= 4 is 42.3 Å². The molecular formula is C15H41O6Si5. The molecule has 0 rings (SSSR count). The molecule has 0 aliphatic heterocycles. The van der Waals surface area contributed by atoms with E-state index in [-0.39, 0.29) is 13.2 Å². The van der Waals surface area contributed by atoms with E-state index in [0.717, 1.165) is 6.04 Å². The Morgan fingerprint density at radius 2 is 1.00 bits per heavy atom. The van der Waals surface area contributed by atoms with Crippen LogP contribution in [0.1, 0.15) is 0 Å². The summed E-state index contributed by atoms with van der Waals surface area (Å²) in [5.41, 5.74) is 0. The fourth-order valence-electron chi connectivity index (χ4n) is 3.18. The molecule has 0 amide bonds. The van der Waals surface area contributed by atoms with E-state index in [4.69, 9.17) is 21.2 Å². The molecule has 0 heterocycles. The van der Waals surface area contributed by atoms with Crippen LogP contribution in [0.5, 0.6) is 0 Å². The van der Waals surface area contributed by atoms with Gasteiger partial charge in [-0.05, 0) is 78.1 Å². The van der Waals surface area contributed by atoms with E-state index in [1.54, 1.807) is 0 Å². The molecule has 1 radical (unpaired) electrons. The molecule has 26 heavy (non-hydrogen) atoms. The third-order valence-corrected chi connectivity index (χ3v) is 21.0. The Bertz CT molecular complexity index is 423. The average Bonchev–Trinajstić information content (AvgIpc) is 2.26. The molecule has 11 heteroatoms. The summed E-state index contributed by atoms with van der Waals surface area (Å²) in [6, 6.07) is 0.856. The van der Waals surface area contributed by atoms with Gasteiger partial charge in [0.05, 0.1) is 6.61 Å². The molecule has 0 saturated heterocycles. The lowest BCUT2D eigenvalue weighted by Crippen LogP contribution is -2.58. The van der Waals surface area contributed by atoms with Gasteiger partial charge in [-0.2, -0.15) is 0 Å². The molecule has 6 nitrogen and oxygen atoms in total. The Morgan fingerprint density at radius 1 is 0.577 bits per heavy atom. The summed E-state index contributed by atoms with van der Waals surface area (Å²) in [6.45, 7) is 24.1. The van der Waals surface area contributed by atoms with E-state index >= 15 is 0 Å². The van der Waals surface area contributed by atoms with Crippen molar-refractivity contribution in [2.45, 2.75) is 78.1 Å². The second-order valence-corrected chi connectivity index (χ2v) is 29.5. The fraction of sp³-hybridized carbons (Fsp3) is 1.00. The quantitative estimate of drug-likeness (QED) is 0.297. The van der Waals surface area contributed by atoms with Gasteiger partial charge in [-0.25, -0.2) is 5.11 Å². The maximum Gasteiger partial charge on any atom is 0.314 e. The molecule has 0 saturated carbocycles. The maximum absolute atomic E-state index is 10.5. The smallest absolute Gasteiger partial charge is 0.314 e. The highest BCUT2D eigenvalue weighted by Crippen LogP contribution is 2.26. The van der Waals surface area contributed by atoms with E-state index in [1.165, 1.54) is 0 Å². The van der Waals surface area contributed by atoms with Crippen molar-refractivity contribution in [1.29, 1.82) is 0 Å². The molecular weight excluding hydrogens is 417 g/mol. The SMILES string of the molecule is C[Si](C)(C)O[Si](C)(C)O[Si](C)(C)O[Si](C)(C)O[Si](C)(C)CCOCC[O]. The first-order valence-electron chi connectivity index (χ1n) is 9.35. The largest absolute Gasteiger partial charge is 0.437 e. The molecule has 0 unspecified atom stereocenters. The third-order valence-electron chi connectivity index (χ3n) is 3.13. The van der Waals surface area contributed by atoms with Gasteiger partial charge >= 0.3 is 25.7 Å². The van der Waals surface area contributed by atoms with Crippen LogP contribution >= 0.6 is 0 Å². The van der Waals surface area contributed by atoms with Crippen LogP contribution in [0.3, 0.4) is 0 Å². The highest BCUT2D eigenvalue weighted by molar-refractivity contribution is 6.90. The molecule has 0 aromatic carbocycles. The summed E-state index contributed by atoms with van der Waals surface area (Å²) in [7, 11) is -10.5. The van der Waals surface area contributed by atoms with E-state index < -0.39 is 42.3 Å². The summed E-state index contributed by atoms with van der Waals surface area (Å²) < 4.78 is 31.1. The zero-order valence-electron chi connectivity index (χ0n) is 18.8. The molecule has 0 aromatic heterocycles. The first-order chi connectivity index (χ1) is 11.4. The monoisotopic (exact) mass is 457 g/mol. The van der Waals surface area contributed by atoms with Crippen LogP contribution in [0.25, 0.3) is 0 Å². The van der Waals surface area contributed by atoms with Crippen molar-refractivity contribution in [2.75, 3.05) is 19.8 Å². The molecule has 0 aliphatic carbocycles. The molecule has 0 bridgehead atoms. The topological polar surface area (TPSA) is 66.1 Å². The second-order valence-electron chi connectivity index (χ2n) is 9.55. The molecule has 0 fully saturated rings. The lowest BCUT2D eigenvalue weighted by Gasteiger charge is -2.42.